The topological polar surface area (TPSA) is 89.9 Å². The van der Waals surface area contributed by atoms with Crippen LogP contribution in [0.2, 0.25) is 0 Å². The molecule has 1 unspecified atom stereocenters. The molecule has 0 aliphatic heterocycles. The van der Waals surface area contributed by atoms with E-state index in [9.17, 15) is 14.7 Å². The number of urea groups is 1. The second kappa shape index (κ2) is 4.80. The minimum absolute atomic E-state index is 0.314. The number of carbonyl (C=O) groups is 2. The van der Waals surface area contributed by atoms with Crippen molar-refractivity contribution in [2.24, 2.45) is 0 Å². The molecule has 0 heterocycles. The molecule has 0 fully saturated rings. The summed E-state index contributed by atoms with van der Waals surface area (Å²) < 4.78 is 0. The van der Waals surface area contributed by atoms with E-state index in [1.54, 1.807) is 14.0 Å². The van der Waals surface area contributed by atoms with E-state index in [-0.39, 0.29) is 6.54 Å². The predicted octanol–water partition coefficient (Wildman–Crippen LogP) is -0.517. The maximum Gasteiger partial charge on any atom is 0.337 e. The van der Waals surface area contributed by atoms with Gasteiger partial charge >= 0.3 is 12.0 Å². The molecule has 0 saturated heterocycles. The first kappa shape index (κ1) is 12.7. The predicted molar refractivity (Wildman–Crippen MR) is 50.0 cm³/mol. The number of hydrogen-bond donors (Lipinski definition) is 3. The summed E-state index contributed by atoms with van der Waals surface area (Å²) in [6.45, 7) is 3.11. The maximum atomic E-state index is 11.2. The zero-order chi connectivity index (χ0) is 11.4. The average Bonchev–Trinajstić information content (AvgIpc) is 2.12. The fourth-order valence-electron chi connectivity index (χ4n) is 0.602. The zero-order valence-electron chi connectivity index (χ0n) is 8.57. The van der Waals surface area contributed by atoms with Crippen molar-refractivity contribution in [1.29, 1.82) is 0 Å². The normalized spacial score (nSPS) is 14.3. The van der Waals surface area contributed by atoms with Crippen LogP contribution < -0.4 is 5.32 Å². The molecule has 0 radical (unpaired) electrons. The lowest BCUT2D eigenvalue weighted by atomic mass is 10.1. The molecule has 1 atom stereocenters. The molecule has 0 aliphatic rings. The number of carboxylic acid groups (broad SMARTS) is 1. The van der Waals surface area contributed by atoms with E-state index in [4.69, 9.17) is 5.11 Å². The van der Waals surface area contributed by atoms with Crippen molar-refractivity contribution in [1.82, 2.24) is 10.2 Å². The highest BCUT2D eigenvalue weighted by Gasteiger charge is 2.30. The zero-order valence-corrected chi connectivity index (χ0v) is 8.57. The molecule has 0 rings (SSSR count). The Morgan fingerprint density at radius 3 is 2.36 bits per heavy atom. The van der Waals surface area contributed by atoms with Crippen molar-refractivity contribution in [2.45, 2.75) is 19.4 Å². The summed E-state index contributed by atoms with van der Waals surface area (Å²) in [5.74, 6) is -1.36. The van der Waals surface area contributed by atoms with Crippen LogP contribution in [0.3, 0.4) is 0 Å². The molecular formula is C8H16N2O4. The van der Waals surface area contributed by atoms with Gasteiger partial charge in [-0.15, -0.1) is 0 Å². The van der Waals surface area contributed by atoms with Crippen LogP contribution in [0.15, 0.2) is 0 Å². The van der Waals surface area contributed by atoms with Gasteiger partial charge in [0.15, 0.2) is 5.60 Å². The van der Waals surface area contributed by atoms with Crippen LogP contribution in [0.25, 0.3) is 0 Å². The summed E-state index contributed by atoms with van der Waals surface area (Å²) in [4.78, 5) is 23.0. The van der Waals surface area contributed by atoms with Crippen molar-refractivity contribution >= 4 is 12.0 Å². The molecule has 3 N–H and O–H groups in total. The average molecular weight is 204 g/mol. The SMILES string of the molecule is CCN(C)C(=O)NCC(C)(O)C(=O)O. The number of hydrogen-bond acceptors (Lipinski definition) is 3. The molecule has 0 spiro atoms. The quantitative estimate of drug-likeness (QED) is 0.575. The monoisotopic (exact) mass is 204 g/mol. The summed E-state index contributed by atoms with van der Waals surface area (Å²) in [5.41, 5.74) is -1.93. The van der Waals surface area contributed by atoms with E-state index in [2.05, 4.69) is 5.32 Å². The number of nitrogens with zero attached hydrogens (tertiary/aromatic N) is 1. The van der Waals surface area contributed by atoms with Gasteiger partial charge in [-0.1, -0.05) is 0 Å². The fourth-order valence-corrected chi connectivity index (χ4v) is 0.602. The van der Waals surface area contributed by atoms with Crippen molar-refractivity contribution in [3.63, 3.8) is 0 Å². The largest absolute Gasteiger partial charge is 0.479 e. The van der Waals surface area contributed by atoms with Crippen molar-refractivity contribution in [2.75, 3.05) is 20.1 Å². The van der Waals surface area contributed by atoms with E-state index in [1.165, 1.54) is 4.90 Å². The number of carbonyl (C=O) groups excluding carboxylic acids is 1. The van der Waals surface area contributed by atoms with Crippen LogP contribution >= 0.6 is 0 Å². The minimum atomic E-state index is -1.93. The summed E-state index contributed by atoms with van der Waals surface area (Å²) >= 11 is 0. The summed E-state index contributed by atoms with van der Waals surface area (Å²) in [7, 11) is 1.57. The Bertz CT molecular complexity index is 227. The first-order chi connectivity index (χ1) is 6.31. The highest BCUT2D eigenvalue weighted by molar-refractivity contribution is 5.79. The van der Waals surface area contributed by atoms with E-state index < -0.39 is 17.6 Å². The van der Waals surface area contributed by atoms with E-state index in [0.29, 0.717) is 6.54 Å². The summed E-state index contributed by atoms with van der Waals surface area (Å²) in [5, 5.41) is 20.1. The number of nitrogens with one attached hydrogen (secondary N) is 1. The van der Waals surface area contributed by atoms with Crippen LogP contribution in [0.4, 0.5) is 4.79 Å². The van der Waals surface area contributed by atoms with Crippen molar-refractivity contribution in [3.8, 4) is 0 Å². The van der Waals surface area contributed by atoms with Gasteiger partial charge in [0.2, 0.25) is 0 Å². The van der Waals surface area contributed by atoms with Gasteiger partial charge in [-0.3, -0.25) is 0 Å². The smallest absolute Gasteiger partial charge is 0.337 e. The van der Waals surface area contributed by atoms with Crippen molar-refractivity contribution < 1.29 is 19.8 Å². The van der Waals surface area contributed by atoms with Gasteiger partial charge in [-0.2, -0.15) is 0 Å². The number of aliphatic hydroxyl groups is 1. The summed E-state index contributed by atoms with van der Waals surface area (Å²) in [6.07, 6.45) is 0. The van der Waals surface area contributed by atoms with Crippen molar-refractivity contribution in [3.05, 3.63) is 0 Å². The Morgan fingerprint density at radius 2 is 2.00 bits per heavy atom. The van der Waals surface area contributed by atoms with Gasteiger partial charge < -0.3 is 20.4 Å². The number of amides is 2. The molecule has 14 heavy (non-hydrogen) atoms. The molecule has 0 aliphatic carbocycles. The van der Waals surface area contributed by atoms with Gasteiger partial charge in [-0.05, 0) is 13.8 Å². The van der Waals surface area contributed by atoms with E-state index in [0.717, 1.165) is 6.92 Å². The van der Waals surface area contributed by atoms with Crippen LogP contribution in [0, 0.1) is 0 Å². The summed E-state index contributed by atoms with van der Waals surface area (Å²) in [6, 6.07) is -0.408. The van der Waals surface area contributed by atoms with Gasteiger partial charge in [0.25, 0.3) is 0 Å². The van der Waals surface area contributed by atoms with Crippen LogP contribution in [0.5, 0.6) is 0 Å². The van der Waals surface area contributed by atoms with Crippen LogP contribution in [-0.4, -0.2) is 52.9 Å². The number of aliphatic carboxylic acids is 1. The Hall–Kier alpha value is -1.30. The lowest BCUT2D eigenvalue weighted by Gasteiger charge is -2.21. The number of rotatable bonds is 4. The highest BCUT2D eigenvalue weighted by atomic mass is 16.4. The van der Waals surface area contributed by atoms with E-state index >= 15 is 0 Å². The molecule has 6 heteroatoms. The second-order valence-corrected chi connectivity index (χ2v) is 3.25. The molecule has 0 aromatic rings. The van der Waals surface area contributed by atoms with E-state index in [1.807, 2.05) is 0 Å². The Kier molecular flexibility index (Phi) is 4.36. The third-order valence-corrected chi connectivity index (χ3v) is 1.87. The molecule has 0 bridgehead atoms. The maximum absolute atomic E-state index is 11.2. The van der Waals surface area contributed by atoms with Gasteiger partial charge in [0.1, 0.15) is 0 Å². The number of carboxylic acids is 1. The molecule has 2 amide bonds. The third kappa shape index (κ3) is 3.61. The second-order valence-electron chi connectivity index (χ2n) is 3.25. The fraction of sp³-hybridized carbons (Fsp3) is 0.750. The van der Waals surface area contributed by atoms with Gasteiger partial charge in [-0.25, -0.2) is 9.59 Å². The molecular weight excluding hydrogens is 188 g/mol. The van der Waals surface area contributed by atoms with Gasteiger partial charge in [0, 0.05) is 13.6 Å². The third-order valence-electron chi connectivity index (χ3n) is 1.87. The lowest BCUT2D eigenvalue weighted by Crippen LogP contribution is -2.49. The first-order valence-corrected chi connectivity index (χ1v) is 4.26. The Morgan fingerprint density at radius 1 is 1.50 bits per heavy atom. The minimum Gasteiger partial charge on any atom is -0.479 e. The Labute approximate surface area is 82.5 Å². The Balaban J connectivity index is 4.06. The first-order valence-electron chi connectivity index (χ1n) is 4.26. The van der Waals surface area contributed by atoms with Crippen LogP contribution in [0.1, 0.15) is 13.8 Å². The molecule has 0 aromatic heterocycles. The molecule has 6 nitrogen and oxygen atoms in total. The molecule has 0 aromatic carbocycles. The van der Waals surface area contributed by atoms with Gasteiger partial charge in [0.05, 0.1) is 6.54 Å². The highest BCUT2D eigenvalue weighted by Crippen LogP contribution is 2.00. The lowest BCUT2D eigenvalue weighted by molar-refractivity contribution is -0.155. The molecule has 0 saturated carbocycles. The molecule has 82 valence electrons. The van der Waals surface area contributed by atoms with Crippen LogP contribution in [-0.2, 0) is 4.79 Å². The standard InChI is InChI=1S/C8H16N2O4/c1-4-10(3)7(13)9-5-8(2,14)6(11)12/h14H,4-5H2,1-3H3,(H,9,13)(H,11,12).